The van der Waals surface area contributed by atoms with E-state index in [2.05, 4.69) is 23.7 Å². The van der Waals surface area contributed by atoms with Crippen molar-refractivity contribution >= 4 is 11.7 Å². The highest BCUT2D eigenvalue weighted by atomic mass is 16.5. The fraction of sp³-hybridized carbons (Fsp3) is 0.263. The third-order valence-electron chi connectivity index (χ3n) is 4.17. The van der Waals surface area contributed by atoms with E-state index in [1.54, 1.807) is 12.4 Å². The molecular weight excluding hydrogens is 288 g/mol. The van der Waals surface area contributed by atoms with Crippen LogP contribution < -0.4 is 0 Å². The smallest absolute Gasteiger partial charge is 0.329 e. The minimum absolute atomic E-state index is 0.197. The summed E-state index contributed by atoms with van der Waals surface area (Å²) in [6.45, 7) is 7.07. The van der Waals surface area contributed by atoms with E-state index in [1.807, 2.05) is 36.1 Å². The van der Waals surface area contributed by atoms with Crippen LogP contribution in [0.5, 0.6) is 0 Å². The molecular formula is C19H20N2O2. The molecule has 0 aliphatic carbocycles. The molecule has 0 saturated heterocycles. The van der Waals surface area contributed by atoms with Gasteiger partial charge in [0.05, 0.1) is 6.61 Å². The van der Waals surface area contributed by atoms with Gasteiger partial charge in [-0.05, 0) is 30.2 Å². The van der Waals surface area contributed by atoms with Crippen molar-refractivity contribution in [2.45, 2.75) is 25.9 Å². The highest BCUT2D eigenvalue weighted by molar-refractivity contribution is 5.79. The first-order valence-corrected chi connectivity index (χ1v) is 7.80. The lowest BCUT2D eigenvalue weighted by Gasteiger charge is -2.38. The minimum atomic E-state index is -0.342. The summed E-state index contributed by atoms with van der Waals surface area (Å²) in [7, 11) is 0. The molecule has 1 aliphatic rings. The number of nitrogens with zero attached hydrogens (tertiary/aromatic N) is 2. The number of aromatic nitrogens is 1. The van der Waals surface area contributed by atoms with Gasteiger partial charge >= 0.3 is 5.97 Å². The van der Waals surface area contributed by atoms with Crippen molar-refractivity contribution in [1.29, 1.82) is 0 Å². The van der Waals surface area contributed by atoms with Crippen LogP contribution in [0.2, 0.25) is 0 Å². The van der Waals surface area contributed by atoms with Crippen LogP contribution in [0.4, 0.5) is 0 Å². The van der Waals surface area contributed by atoms with E-state index >= 15 is 0 Å². The largest absolute Gasteiger partial charge is 0.464 e. The number of esters is 1. The molecule has 2 heterocycles. The maximum Gasteiger partial charge on any atom is 0.329 e. The summed E-state index contributed by atoms with van der Waals surface area (Å²) in [5.74, 6) is -0.197. The highest BCUT2D eigenvalue weighted by Gasteiger charge is 2.33. The van der Waals surface area contributed by atoms with Gasteiger partial charge in [-0.25, -0.2) is 4.79 Å². The highest BCUT2D eigenvalue weighted by Crippen LogP contribution is 2.30. The monoisotopic (exact) mass is 308 g/mol. The van der Waals surface area contributed by atoms with Gasteiger partial charge < -0.3 is 9.64 Å². The number of benzene rings is 1. The molecule has 0 N–H and O–H groups in total. The fourth-order valence-electron chi connectivity index (χ4n) is 2.97. The first-order chi connectivity index (χ1) is 11.2. The quantitative estimate of drug-likeness (QED) is 0.814. The Morgan fingerprint density at radius 2 is 1.96 bits per heavy atom. The summed E-state index contributed by atoms with van der Waals surface area (Å²) >= 11 is 0. The standard InChI is InChI=1S/C19H20N2O2/c1-3-23-19(22)18-12-16-6-4-5-7-17(16)13-21(18)14(2)15-8-10-20-11-9-15/h4-11,18H,2-3,12-13H2,1H3. The van der Waals surface area contributed by atoms with E-state index in [0.717, 1.165) is 11.3 Å². The number of carbonyl (C=O) groups is 1. The van der Waals surface area contributed by atoms with Gasteiger partial charge in [0.1, 0.15) is 6.04 Å². The maximum absolute atomic E-state index is 12.4. The van der Waals surface area contributed by atoms with Crippen molar-refractivity contribution in [2.24, 2.45) is 0 Å². The number of hydrogen-bond donors (Lipinski definition) is 0. The van der Waals surface area contributed by atoms with Crippen molar-refractivity contribution in [3.05, 3.63) is 72.1 Å². The van der Waals surface area contributed by atoms with Crippen molar-refractivity contribution < 1.29 is 9.53 Å². The van der Waals surface area contributed by atoms with Crippen LogP contribution in [0, 0.1) is 0 Å². The summed E-state index contributed by atoms with van der Waals surface area (Å²) < 4.78 is 5.28. The molecule has 4 nitrogen and oxygen atoms in total. The Bertz CT molecular complexity index is 712. The topological polar surface area (TPSA) is 42.4 Å². The number of hydrogen-bond acceptors (Lipinski definition) is 4. The molecule has 0 bridgehead atoms. The molecule has 0 fully saturated rings. The molecule has 0 amide bonds. The zero-order valence-corrected chi connectivity index (χ0v) is 13.2. The van der Waals surface area contributed by atoms with Gasteiger partial charge in [0.2, 0.25) is 0 Å². The summed E-state index contributed by atoms with van der Waals surface area (Å²) in [5.41, 5.74) is 4.21. The van der Waals surface area contributed by atoms with Gasteiger partial charge in [-0.3, -0.25) is 4.98 Å². The van der Waals surface area contributed by atoms with Crippen LogP contribution in [-0.2, 0) is 22.5 Å². The predicted octanol–water partition coefficient (Wildman–Crippen LogP) is 3.04. The Balaban J connectivity index is 1.94. The Hall–Kier alpha value is -2.62. The lowest BCUT2D eigenvalue weighted by atomic mass is 9.93. The third-order valence-corrected chi connectivity index (χ3v) is 4.17. The molecule has 1 aliphatic heterocycles. The van der Waals surface area contributed by atoms with Gasteiger partial charge in [-0.1, -0.05) is 30.8 Å². The SMILES string of the molecule is C=C(c1ccncc1)N1Cc2ccccc2CC1C(=O)OCC. The first kappa shape index (κ1) is 15.3. The van der Waals surface area contributed by atoms with E-state index in [0.29, 0.717) is 19.6 Å². The lowest BCUT2D eigenvalue weighted by Crippen LogP contribution is -2.45. The van der Waals surface area contributed by atoms with Gasteiger partial charge in [0.25, 0.3) is 0 Å². The molecule has 0 spiro atoms. The zero-order chi connectivity index (χ0) is 16.2. The molecule has 23 heavy (non-hydrogen) atoms. The summed E-state index contributed by atoms with van der Waals surface area (Å²) in [4.78, 5) is 18.5. The molecule has 4 heteroatoms. The third kappa shape index (κ3) is 3.11. The summed E-state index contributed by atoms with van der Waals surface area (Å²) in [6, 6.07) is 11.7. The molecule has 0 saturated carbocycles. The molecule has 118 valence electrons. The summed E-state index contributed by atoms with van der Waals surface area (Å²) in [5, 5.41) is 0. The average molecular weight is 308 g/mol. The van der Waals surface area contributed by atoms with Gasteiger partial charge in [0.15, 0.2) is 0 Å². The molecule has 1 aromatic heterocycles. The van der Waals surface area contributed by atoms with Gasteiger partial charge in [-0.15, -0.1) is 0 Å². The van der Waals surface area contributed by atoms with Crippen molar-refractivity contribution in [1.82, 2.24) is 9.88 Å². The van der Waals surface area contributed by atoms with Crippen LogP contribution in [0.1, 0.15) is 23.6 Å². The van der Waals surface area contributed by atoms with Crippen molar-refractivity contribution in [3.63, 3.8) is 0 Å². The van der Waals surface area contributed by atoms with Crippen LogP contribution in [0.25, 0.3) is 5.70 Å². The minimum Gasteiger partial charge on any atom is -0.464 e. The molecule has 1 aromatic carbocycles. The Morgan fingerprint density at radius 3 is 2.65 bits per heavy atom. The van der Waals surface area contributed by atoms with E-state index in [9.17, 15) is 4.79 Å². The van der Waals surface area contributed by atoms with Crippen LogP contribution in [0.15, 0.2) is 55.4 Å². The number of carbonyl (C=O) groups excluding carboxylic acids is 1. The van der Waals surface area contributed by atoms with E-state index in [4.69, 9.17) is 4.74 Å². The first-order valence-electron chi connectivity index (χ1n) is 7.80. The van der Waals surface area contributed by atoms with Crippen LogP contribution >= 0.6 is 0 Å². The molecule has 1 atom stereocenters. The van der Waals surface area contributed by atoms with Crippen LogP contribution in [0.3, 0.4) is 0 Å². The van der Waals surface area contributed by atoms with Gasteiger partial charge in [0, 0.05) is 36.6 Å². The fourth-order valence-corrected chi connectivity index (χ4v) is 2.97. The Morgan fingerprint density at radius 1 is 1.26 bits per heavy atom. The predicted molar refractivity (Wildman–Crippen MR) is 89.4 cm³/mol. The number of ether oxygens (including phenoxy) is 1. The molecule has 1 unspecified atom stereocenters. The van der Waals surface area contributed by atoms with E-state index < -0.39 is 0 Å². The van der Waals surface area contributed by atoms with Gasteiger partial charge in [-0.2, -0.15) is 0 Å². The number of pyridine rings is 1. The maximum atomic E-state index is 12.4. The molecule has 0 radical (unpaired) electrons. The van der Waals surface area contributed by atoms with Crippen molar-refractivity contribution in [3.8, 4) is 0 Å². The van der Waals surface area contributed by atoms with Crippen molar-refractivity contribution in [2.75, 3.05) is 6.61 Å². The van der Waals surface area contributed by atoms with Crippen LogP contribution in [-0.4, -0.2) is 28.5 Å². The summed E-state index contributed by atoms with van der Waals surface area (Å²) in [6.07, 6.45) is 4.11. The average Bonchev–Trinajstić information content (AvgIpc) is 2.61. The van der Waals surface area contributed by atoms with E-state index in [-0.39, 0.29) is 12.0 Å². The van der Waals surface area contributed by atoms with E-state index in [1.165, 1.54) is 11.1 Å². The Kier molecular flexibility index (Phi) is 4.42. The number of rotatable bonds is 4. The second kappa shape index (κ2) is 6.65. The lowest BCUT2D eigenvalue weighted by molar-refractivity contribution is -0.148. The Labute approximate surface area is 136 Å². The molecule has 2 aromatic rings. The zero-order valence-electron chi connectivity index (χ0n) is 13.2. The second-order valence-electron chi connectivity index (χ2n) is 5.55. The number of fused-ring (bicyclic) bond motifs is 1. The molecule has 3 rings (SSSR count). The normalized spacial score (nSPS) is 16.6. The second-order valence-corrected chi connectivity index (χ2v) is 5.55.